The van der Waals surface area contributed by atoms with Crippen molar-refractivity contribution in [2.45, 2.75) is 6.04 Å². The summed E-state index contributed by atoms with van der Waals surface area (Å²) < 4.78 is 5.59. The summed E-state index contributed by atoms with van der Waals surface area (Å²) in [7, 11) is -2.17. The molecule has 4 aromatic carbocycles. The van der Waals surface area contributed by atoms with Crippen LogP contribution in [-0.2, 0) is 4.74 Å². The minimum absolute atomic E-state index is 0.0980. The smallest absolute Gasteiger partial charge is 0.413 e. The molecule has 32 heavy (non-hydrogen) atoms. The van der Waals surface area contributed by atoms with Crippen LogP contribution in [0.3, 0.4) is 0 Å². The van der Waals surface area contributed by atoms with Crippen molar-refractivity contribution in [1.29, 1.82) is 0 Å². The summed E-state index contributed by atoms with van der Waals surface area (Å²) in [6.45, 7) is 0.376. The number of benzene rings is 4. The van der Waals surface area contributed by atoms with E-state index in [0.717, 1.165) is 5.56 Å². The number of ether oxygens (including phenoxy) is 1. The first-order valence-corrected chi connectivity index (χ1v) is 12.8. The molecule has 158 valence electrons. The number of hydrogen-bond acceptors (Lipinski definition) is 2. The van der Waals surface area contributed by atoms with E-state index < -0.39 is 7.26 Å². The highest BCUT2D eigenvalue weighted by molar-refractivity contribution is 7.95. The third kappa shape index (κ3) is 3.70. The lowest BCUT2D eigenvalue weighted by molar-refractivity contribution is 0.162. The maximum atomic E-state index is 13.1. The Kier molecular flexibility index (Phi) is 5.75. The fourth-order valence-corrected chi connectivity index (χ4v) is 8.72. The highest BCUT2D eigenvalue weighted by Crippen LogP contribution is 2.57. The van der Waals surface area contributed by atoms with Crippen molar-refractivity contribution in [3.63, 3.8) is 0 Å². The molecule has 1 unspecified atom stereocenters. The molecule has 1 aliphatic heterocycles. The monoisotopic (exact) mass is 438 g/mol. The van der Waals surface area contributed by atoms with Crippen LogP contribution in [0, 0.1) is 0 Å². The van der Waals surface area contributed by atoms with Crippen LogP contribution >= 0.6 is 7.26 Å². The largest absolute Gasteiger partial charge is 0.447 e. The SMILES string of the molecule is O=C1OCC(c2ccccc2)N1C[P+](c1ccccc1)(c1ccccc1)c1ccccc1. The number of hydrogen-bond donors (Lipinski definition) is 0. The molecular formula is C28H25NO2P+. The zero-order valence-corrected chi connectivity index (χ0v) is 18.6. The summed E-state index contributed by atoms with van der Waals surface area (Å²) in [6.07, 6.45) is 0.342. The van der Waals surface area contributed by atoms with Gasteiger partial charge in [-0.05, 0) is 42.0 Å². The fourth-order valence-electron chi connectivity index (χ4n) is 4.53. The van der Waals surface area contributed by atoms with Crippen LogP contribution in [0.2, 0.25) is 0 Å². The molecule has 0 aliphatic carbocycles. The summed E-state index contributed by atoms with van der Waals surface area (Å²) in [5.41, 5.74) is 1.10. The first-order chi connectivity index (χ1) is 15.8. The second-order valence-electron chi connectivity index (χ2n) is 7.93. The van der Waals surface area contributed by atoms with Gasteiger partial charge in [0.1, 0.15) is 29.8 Å². The summed E-state index contributed by atoms with van der Waals surface area (Å²) in [4.78, 5) is 15.0. The predicted octanol–water partition coefficient (Wildman–Crippen LogP) is 5.13. The van der Waals surface area contributed by atoms with E-state index in [1.165, 1.54) is 15.9 Å². The van der Waals surface area contributed by atoms with Gasteiger partial charge in [-0.1, -0.05) is 84.9 Å². The molecule has 0 aromatic heterocycles. The van der Waals surface area contributed by atoms with Crippen molar-refractivity contribution in [3.05, 3.63) is 127 Å². The van der Waals surface area contributed by atoms with Crippen molar-refractivity contribution in [3.8, 4) is 0 Å². The van der Waals surface area contributed by atoms with Gasteiger partial charge < -0.3 is 4.74 Å². The second kappa shape index (κ2) is 8.98. The maximum absolute atomic E-state index is 13.1. The van der Waals surface area contributed by atoms with E-state index in [4.69, 9.17) is 4.74 Å². The van der Waals surface area contributed by atoms with Gasteiger partial charge in [0.25, 0.3) is 0 Å². The Balaban J connectivity index is 1.70. The lowest BCUT2D eigenvalue weighted by atomic mass is 10.1. The summed E-state index contributed by atoms with van der Waals surface area (Å²) in [5, 5.41) is 3.76. The number of carbonyl (C=O) groups is 1. The van der Waals surface area contributed by atoms with Crippen molar-refractivity contribution in [2.75, 3.05) is 12.9 Å². The Morgan fingerprint density at radius 3 is 1.50 bits per heavy atom. The van der Waals surface area contributed by atoms with Gasteiger partial charge in [0.05, 0.1) is 6.04 Å². The quantitative estimate of drug-likeness (QED) is 0.391. The first-order valence-electron chi connectivity index (χ1n) is 10.8. The standard InChI is InChI=1S/C28H25NO2P/c30-28-29(27(21-31-28)23-13-5-1-6-14-23)22-32(24-15-7-2-8-16-24,25-17-9-3-10-18-25)26-19-11-4-12-20-26/h1-20,27H,21-22H2/q+1. The van der Waals surface area contributed by atoms with Gasteiger partial charge in [0, 0.05) is 0 Å². The molecule has 0 radical (unpaired) electrons. The molecule has 1 saturated heterocycles. The molecule has 0 saturated carbocycles. The number of carbonyl (C=O) groups excluding carboxylic acids is 1. The minimum atomic E-state index is -2.17. The highest BCUT2D eigenvalue weighted by Gasteiger charge is 2.51. The molecule has 1 atom stereocenters. The Labute approximate surface area is 189 Å². The Morgan fingerprint density at radius 1 is 0.656 bits per heavy atom. The molecule has 0 bridgehead atoms. The van der Waals surface area contributed by atoms with Crippen LogP contribution in [0.4, 0.5) is 4.79 Å². The molecule has 4 aromatic rings. The van der Waals surface area contributed by atoms with Gasteiger partial charge in [-0.15, -0.1) is 0 Å². The van der Waals surface area contributed by atoms with Crippen LogP contribution in [0.25, 0.3) is 0 Å². The summed E-state index contributed by atoms with van der Waals surface area (Å²) in [5.74, 6) is 0. The summed E-state index contributed by atoms with van der Waals surface area (Å²) in [6, 6.07) is 42.0. The molecule has 1 aliphatic rings. The van der Waals surface area contributed by atoms with Gasteiger partial charge in [0.2, 0.25) is 0 Å². The average molecular weight is 438 g/mol. The topological polar surface area (TPSA) is 29.5 Å². The fraction of sp³-hybridized carbons (Fsp3) is 0.107. The first kappa shape index (κ1) is 20.5. The van der Waals surface area contributed by atoms with E-state index in [9.17, 15) is 4.79 Å². The molecule has 3 nitrogen and oxygen atoms in total. The van der Waals surface area contributed by atoms with Gasteiger partial charge >= 0.3 is 6.09 Å². The number of rotatable bonds is 6. The van der Waals surface area contributed by atoms with Crippen LogP contribution in [0.5, 0.6) is 0 Å². The minimum Gasteiger partial charge on any atom is -0.447 e. The van der Waals surface area contributed by atoms with Crippen LogP contribution in [-0.4, -0.2) is 23.9 Å². The van der Waals surface area contributed by atoms with Crippen LogP contribution in [0.1, 0.15) is 11.6 Å². The molecule has 5 rings (SSSR count). The van der Waals surface area contributed by atoms with E-state index in [1.54, 1.807) is 0 Å². The third-order valence-electron chi connectivity index (χ3n) is 6.12. The van der Waals surface area contributed by atoms with E-state index in [-0.39, 0.29) is 12.1 Å². The van der Waals surface area contributed by atoms with Crippen molar-refractivity contribution in [1.82, 2.24) is 4.90 Å². The van der Waals surface area contributed by atoms with Gasteiger partial charge in [-0.2, -0.15) is 0 Å². The van der Waals surface area contributed by atoms with Gasteiger partial charge in [-0.25, -0.2) is 4.79 Å². The van der Waals surface area contributed by atoms with E-state index in [2.05, 4.69) is 84.9 Å². The molecule has 0 spiro atoms. The third-order valence-corrected chi connectivity index (χ3v) is 10.4. The van der Waals surface area contributed by atoms with Crippen molar-refractivity contribution < 1.29 is 9.53 Å². The van der Waals surface area contributed by atoms with E-state index in [0.29, 0.717) is 12.9 Å². The molecule has 0 N–H and O–H groups in total. The lowest BCUT2D eigenvalue weighted by Crippen LogP contribution is -2.41. The summed E-state index contributed by atoms with van der Waals surface area (Å²) >= 11 is 0. The molecule has 1 heterocycles. The zero-order valence-electron chi connectivity index (χ0n) is 17.7. The Hall–Kier alpha value is -3.42. The number of amides is 1. The van der Waals surface area contributed by atoms with Crippen LogP contribution in [0.15, 0.2) is 121 Å². The Morgan fingerprint density at radius 2 is 1.06 bits per heavy atom. The van der Waals surface area contributed by atoms with Crippen molar-refractivity contribution in [2.24, 2.45) is 0 Å². The number of cyclic esters (lactones) is 1. The number of nitrogens with zero attached hydrogens (tertiary/aromatic N) is 1. The highest BCUT2D eigenvalue weighted by atomic mass is 31.2. The predicted molar refractivity (Wildman–Crippen MR) is 132 cm³/mol. The molecule has 4 heteroatoms. The average Bonchev–Trinajstić information content (AvgIpc) is 3.24. The molecule has 1 fully saturated rings. The normalized spacial score (nSPS) is 16.1. The lowest BCUT2D eigenvalue weighted by Gasteiger charge is -2.32. The van der Waals surface area contributed by atoms with E-state index in [1.807, 2.05) is 41.3 Å². The Bertz CT molecular complexity index is 1070. The van der Waals surface area contributed by atoms with E-state index >= 15 is 0 Å². The van der Waals surface area contributed by atoms with Gasteiger partial charge in [-0.3, -0.25) is 4.90 Å². The maximum Gasteiger partial charge on any atom is 0.413 e. The molecular weight excluding hydrogens is 413 g/mol. The molecule has 1 amide bonds. The second-order valence-corrected chi connectivity index (χ2v) is 11.4. The van der Waals surface area contributed by atoms with Crippen molar-refractivity contribution >= 4 is 29.3 Å². The van der Waals surface area contributed by atoms with Gasteiger partial charge in [0.15, 0.2) is 6.29 Å². The zero-order chi connectivity index (χ0) is 21.8. The van der Waals surface area contributed by atoms with Crippen LogP contribution < -0.4 is 15.9 Å².